The lowest BCUT2D eigenvalue weighted by Gasteiger charge is -2.26. The number of ether oxygens (including phenoxy) is 3. The van der Waals surface area contributed by atoms with Gasteiger partial charge in [-0.25, -0.2) is 14.8 Å². The number of rotatable bonds is 8. The van der Waals surface area contributed by atoms with E-state index in [1.165, 1.54) is 0 Å². The summed E-state index contributed by atoms with van der Waals surface area (Å²) in [6.07, 6.45) is 9.19. The number of carbonyl (C=O) groups excluding carboxylic acids is 1. The third-order valence-corrected chi connectivity index (χ3v) is 5.60. The van der Waals surface area contributed by atoms with E-state index in [9.17, 15) is 4.79 Å². The molecule has 172 valence electrons. The molecular weight excluding hydrogens is 424 g/mol. The quantitative estimate of drug-likeness (QED) is 0.610. The van der Waals surface area contributed by atoms with Crippen LogP contribution in [0.1, 0.15) is 25.0 Å². The minimum absolute atomic E-state index is 0.0589. The van der Waals surface area contributed by atoms with Crippen LogP contribution in [0.15, 0.2) is 47.9 Å². The van der Waals surface area contributed by atoms with Crippen LogP contribution in [0.4, 0.5) is 4.79 Å². The number of nitrogens with one attached hydrogen (secondary N) is 1. The summed E-state index contributed by atoms with van der Waals surface area (Å²) in [6.45, 7) is 3.02. The molecule has 2 saturated heterocycles. The van der Waals surface area contributed by atoms with E-state index in [2.05, 4.69) is 25.3 Å². The van der Waals surface area contributed by atoms with Crippen molar-refractivity contribution in [2.75, 3.05) is 26.3 Å². The van der Waals surface area contributed by atoms with E-state index in [0.29, 0.717) is 44.6 Å². The first-order chi connectivity index (χ1) is 16.2. The Bertz CT molecular complexity index is 1050. The Kier molecular flexibility index (Phi) is 6.54. The number of hydrogen-bond donors (Lipinski definition) is 1. The zero-order chi connectivity index (χ0) is 22.5. The highest BCUT2D eigenvalue weighted by atomic mass is 16.6. The maximum absolute atomic E-state index is 12.2. The van der Waals surface area contributed by atoms with Crippen molar-refractivity contribution < 1.29 is 19.0 Å². The Hall–Kier alpha value is -3.37. The molecule has 10 heteroatoms. The summed E-state index contributed by atoms with van der Waals surface area (Å²) in [6, 6.07) is 5.59. The highest BCUT2D eigenvalue weighted by Gasteiger charge is 2.33. The Balaban J connectivity index is 1.11. The summed E-state index contributed by atoms with van der Waals surface area (Å²) in [5, 5.41) is 3.38. The normalized spacial score (nSPS) is 20.4. The maximum Gasteiger partial charge on any atom is 0.415 e. The molecule has 0 aromatic carbocycles. The molecule has 2 aromatic heterocycles. The van der Waals surface area contributed by atoms with Crippen molar-refractivity contribution in [1.82, 2.24) is 25.2 Å². The second-order valence-electron chi connectivity index (χ2n) is 8.08. The smallest absolute Gasteiger partial charge is 0.415 e. The van der Waals surface area contributed by atoms with Crippen molar-refractivity contribution in [2.45, 2.75) is 38.0 Å². The molecule has 33 heavy (non-hydrogen) atoms. The van der Waals surface area contributed by atoms with E-state index in [0.717, 1.165) is 36.4 Å². The number of allylic oxidation sites excluding steroid dienone is 1. The third-order valence-electron chi connectivity index (χ3n) is 5.60. The van der Waals surface area contributed by atoms with Crippen LogP contribution in [0.2, 0.25) is 0 Å². The Labute approximate surface area is 191 Å². The minimum Gasteiger partial charge on any atom is -0.469 e. The predicted octanol–water partition coefficient (Wildman–Crippen LogP) is 2.32. The van der Waals surface area contributed by atoms with E-state index in [1.807, 2.05) is 18.2 Å². The van der Waals surface area contributed by atoms with Gasteiger partial charge in [0.15, 0.2) is 5.82 Å². The summed E-state index contributed by atoms with van der Waals surface area (Å²) >= 11 is 0. The largest absolute Gasteiger partial charge is 0.469 e. The van der Waals surface area contributed by atoms with Crippen LogP contribution in [0.3, 0.4) is 0 Å². The zero-order valence-electron chi connectivity index (χ0n) is 18.2. The zero-order valence-corrected chi connectivity index (χ0v) is 18.2. The van der Waals surface area contributed by atoms with Gasteiger partial charge < -0.3 is 19.5 Å². The maximum atomic E-state index is 12.2. The number of aliphatic imine (C=N–C) groups is 1. The van der Waals surface area contributed by atoms with Gasteiger partial charge in [-0.05, 0) is 31.5 Å². The number of nitrogens with zero attached hydrogens (tertiary/aromatic N) is 5. The van der Waals surface area contributed by atoms with Crippen LogP contribution >= 0.6 is 0 Å². The van der Waals surface area contributed by atoms with Gasteiger partial charge in [0.1, 0.15) is 18.0 Å². The predicted molar refractivity (Wildman–Crippen MR) is 120 cm³/mol. The molecule has 5 rings (SSSR count). The molecule has 10 nitrogen and oxygen atoms in total. The number of pyridine rings is 1. The molecule has 2 aromatic rings. The molecule has 5 heterocycles. The Morgan fingerprint density at radius 3 is 2.94 bits per heavy atom. The van der Waals surface area contributed by atoms with E-state index in [1.54, 1.807) is 29.6 Å². The molecule has 0 saturated carbocycles. The fraction of sp³-hybridized carbons (Fsp3) is 0.435. The average molecular weight is 450 g/mol. The summed E-state index contributed by atoms with van der Waals surface area (Å²) < 4.78 is 16.4. The van der Waals surface area contributed by atoms with Crippen LogP contribution in [0.5, 0.6) is 5.88 Å². The molecular formula is C23H26N6O4. The second-order valence-corrected chi connectivity index (χ2v) is 8.08. The van der Waals surface area contributed by atoms with Crippen LogP contribution in [0, 0.1) is 0 Å². The van der Waals surface area contributed by atoms with E-state index >= 15 is 0 Å². The molecule has 0 bridgehead atoms. The monoisotopic (exact) mass is 450 g/mol. The van der Waals surface area contributed by atoms with E-state index < -0.39 is 0 Å². The molecule has 0 unspecified atom stereocenters. The number of carbonyl (C=O) groups is 1. The third kappa shape index (κ3) is 5.35. The molecule has 3 aliphatic heterocycles. The lowest BCUT2D eigenvalue weighted by atomic mass is 10.2. The minimum atomic E-state index is -0.306. The van der Waals surface area contributed by atoms with Crippen LogP contribution < -0.4 is 10.1 Å². The average Bonchev–Trinajstić information content (AvgIpc) is 3.20. The Morgan fingerprint density at radius 2 is 2.12 bits per heavy atom. The fourth-order valence-electron chi connectivity index (χ4n) is 3.77. The number of amidine groups is 1. The topological polar surface area (TPSA) is 111 Å². The first-order valence-corrected chi connectivity index (χ1v) is 11.2. The van der Waals surface area contributed by atoms with Gasteiger partial charge in [-0.3, -0.25) is 9.88 Å². The Morgan fingerprint density at radius 1 is 1.21 bits per heavy atom. The van der Waals surface area contributed by atoms with Gasteiger partial charge >= 0.3 is 6.09 Å². The number of cyclic esters (lactones) is 1. The van der Waals surface area contributed by atoms with Crippen molar-refractivity contribution in [3.63, 3.8) is 0 Å². The number of amides is 1. The van der Waals surface area contributed by atoms with Gasteiger partial charge in [0.25, 0.3) is 0 Å². The first kappa shape index (κ1) is 21.5. The van der Waals surface area contributed by atoms with Crippen molar-refractivity contribution in [3.05, 3.63) is 48.6 Å². The van der Waals surface area contributed by atoms with Crippen LogP contribution in [0.25, 0.3) is 11.4 Å². The van der Waals surface area contributed by atoms with Gasteiger partial charge in [-0.1, -0.05) is 6.08 Å². The molecule has 0 aliphatic carbocycles. The van der Waals surface area contributed by atoms with Gasteiger partial charge in [0.2, 0.25) is 5.88 Å². The summed E-state index contributed by atoms with van der Waals surface area (Å²) in [4.78, 5) is 31.4. The van der Waals surface area contributed by atoms with Crippen LogP contribution in [-0.4, -0.2) is 70.3 Å². The number of aromatic nitrogens is 3. The molecule has 1 amide bonds. The lowest BCUT2D eigenvalue weighted by molar-refractivity contribution is -0.0813. The summed E-state index contributed by atoms with van der Waals surface area (Å²) in [5.41, 5.74) is 1.75. The van der Waals surface area contributed by atoms with Crippen molar-refractivity contribution in [1.29, 1.82) is 0 Å². The van der Waals surface area contributed by atoms with Crippen molar-refractivity contribution in [2.24, 2.45) is 4.99 Å². The molecule has 2 fully saturated rings. The molecule has 1 N–H and O–H groups in total. The molecule has 1 atom stereocenters. The fourth-order valence-corrected chi connectivity index (χ4v) is 3.77. The summed E-state index contributed by atoms with van der Waals surface area (Å²) in [5.74, 6) is 1.92. The highest BCUT2D eigenvalue weighted by molar-refractivity contribution is 5.97. The molecule has 3 aliphatic rings. The SMILES string of the molecule is O=C1O[C@@H](CCNCc2cc(-c3nccc(OC4COC4)n3)ccn2)CN1C1=NC=CCC1. The van der Waals surface area contributed by atoms with Crippen molar-refractivity contribution >= 4 is 11.9 Å². The highest BCUT2D eigenvalue weighted by Crippen LogP contribution is 2.20. The van der Waals surface area contributed by atoms with Gasteiger partial charge in [-0.15, -0.1) is 0 Å². The second kappa shape index (κ2) is 10.1. The van der Waals surface area contributed by atoms with Gasteiger partial charge in [0.05, 0.1) is 25.5 Å². The molecule has 0 spiro atoms. The van der Waals surface area contributed by atoms with Crippen molar-refractivity contribution in [3.8, 4) is 17.3 Å². The van der Waals surface area contributed by atoms with Crippen LogP contribution in [-0.2, 0) is 16.0 Å². The molecule has 0 radical (unpaired) electrons. The van der Waals surface area contributed by atoms with Gasteiger partial charge in [-0.2, -0.15) is 4.98 Å². The summed E-state index contributed by atoms with van der Waals surface area (Å²) in [7, 11) is 0. The van der Waals surface area contributed by atoms with E-state index in [4.69, 9.17) is 14.2 Å². The lowest BCUT2D eigenvalue weighted by Crippen LogP contribution is -2.38. The standard InChI is InChI=1S/C23H26N6O4/c30-23-29(20-3-1-2-7-26-20)13-18(33-23)5-8-24-12-17-11-16(4-9-25-17)22-27-10-6-21(28-22)32-19-14-31-15-19/h2,4,6-7,9-11,18-19,24H,1,3,5,8,12-15H2/t18-/m0/s1. The first-order valence-electron chi connectivity index (χ1n) is 11.2. The number of hydrogen-bond acceptors (Lipinski definition) is 9. The van der Waals surface area contributed by atoms with Gasteiger partial charge in [0, 0.05) is 43.2 Å². The van der Waals surface area contributed by atoms with E-state index in [-0.39, 0.29) is 18.3 Å².